The molecule has 0 spiro atoms. The zero-order valence-electron chi connectivity index (χ0n) is 17.9. The van der Waals surface area contributed by atoms with Gasteiger partial charge in [0.05, 0.1) is 6.61 Å². The van der Waals surface area contributed by atoms with Crippen molar-refractivity contribution in [3.63, 3.8) is 0 Å². The van der Waals surface area contributed by atoms with Crippen molar-refractivity contribution in [2.24, 2.45) is 0 Å². The predicted octanol–water partition coefficient (Wildman–Crippen LogP) is 2.71. The van der Waals surface area contributed by atoms with Crippen LogP contribution >= 0.6 is 0 Å². The molecule has 3 aromatic rings. The number of benzene rings is 1. The highest BCUT2D eigenvalue weighted by Gasteiger charge is 2.22. The summed E-state index contributed by atoms with van der Waals surface area (Å²) in [7, 11) is 0. The average Bonchev–Trinajstić information content (AvgIpc) is 3.31. The van der Waals surface area contributed by atoms with E-state index < -0.39 is 0 Å². The first-order chi connectivity index (χ1) is 14.5. The summed E-state index contributed by atoms with van der Waals surface area (Å²) in [4.78, 5) is 21.1. The number of amides is 1. The number of aryl methyl sites for hydroxylation is 2. The van der Waals surface area contributed by atoms with Gasteiger partial charge < -0.3 is 14.8 Å². The molecule has 1 aliphatic rings. The minimum atomic E-state index is -0.0234. The molecule has 3 heterocycles. The Morgan fingerprint density at radius 3 is 3.00 bits per heavy atom. The van der Waals surface area contributed by atoms with Crippen LogP contribution in [-0.2, 0) is 24.2 Å². The zero-order chi connectivity index (χ0) is 21.3. The van der Waals surface area contributed by atoms with E-state index in [2.05, 4.69) is 27.3 Å². The van der Waals surface area contributed by atoms with Gasteiger partial charge in [0, 0.05) is 41.9 Å². The van der Waals surface area contributed by atoms with Crippen molar-refractivity contribution in [1.29, 1.82) is 0 Å². The Balaban J connectivity index is 1.42. The van der Waals surface area contributed by atoms with Crippen LogP contribution in [-0.4, -0.2) is 38.2 Å². The third-order valence-corrected chi connectivity index (χ3v) is 5.45. The molecular formula is C22H27N5O3. The number of carbonyl (C=O) groups is 1. The van der Waals surface area contributed by atoms with Crippen LogP contribution in [0.1, 0.15) is 48.3 Å². The third kappa shape index (κ3) is 3.94. The number of hydrogen-bond acceptors (Lipinski definition) is 6. The molecule has 1 aliphatic heterocycles. The fourth-order valence-electron chi connectivity index (χ4n) is 3.95. The van der Waals surface area contributed by atoms with Crippen LogP contribution < -0.4 is 14.8 Å². The van der Waals surface area contributed by atoms with Gasteiger partial charge in [-0.05, 0) is 51.8 Å². The second-order valence-electron chi connectivity index (χ2n) is 7.64. The van der Waals surface area contributed by atoms with Crippen molar-refractivity contribution < 1.29 is 14.3 Å². The van der Waals surface area contributed by atoms with E-state index in [1.165, 1.54) is 6.33 Å². The van der Waals surface area contributed by atoms with Crippen LogP contribution in [0.25, 0.3) is 5.78 Å². The third-order valence-electron chi connectivity index (χ3n) is 5.45. The molecule has 1 atom stereocenters. The van der Waals surface area contributed by atoms with Gasteiger partial charge in [0.1, 0.15) is 23.9 Å². The van der Waals surface area contributed by atoms with Gasteiger partial charge >= 0.3 is 0 Å². The fourth-order valence-corrected chi connectivity index (χ4v) is 3.95. The molecule has 8 heteroatoms. The van der Waals surface area contributed by atoms with E-state index in [9.17, 15) is 4.79 Å². The van der Waals surface area contributed by atoms with Crippen molar-refractivity contribution in [2.75, 3.05) is 6.61 Å². The van der Waals surface area contributed by atoms with E-state index in [0.717, 1.165) is 46.0 Å². The van der Waals surface area contributed by atoms with E-state index in [1.807, 2.05) is 32.9 Å². The summed E-state index contributed by atoms with van der Waals surface area (Å²) in [5, 5.41) is 7.21. The lowest BCUT2D eigenvalue weighted by molar-refractivity contribution is -0.121. The Morgan fingerprint density at radius 2 is 2.20 bits per heavy atom. The number of ether oxygens (including phenoxy) is 2. The molecule has 0 unspecified atom stereocenters. The highest BCUT2D eigenvalue weighted by atomic mass is 16.5. The molecule has 8 nitrogen and oxygen atoms in total. The lowest BCUT2D eigenvalue weighted by atomic mass is 10.1. The summed E-state index contributed by atoms with van der Waals surface area (Å²) in [5.74, 6) is 2.25. The summed E-state index contributed by atoms with van der Waals surface area (Å²) < 4.78 is 13.4. The molecule has 1 aromatic carbocycles. The number of hydrogen-bond donors (Lipinski definition) is 1. The first-order valence-corrected chi connectivity index (χ1v) is 10.3. The second-order valence-corrected chi connectivity index (χ2v) is 7.64. The summed E-state index contributed by atoms with van der Waals surface area (Å²) in [6, 6.07) is 4.02. The topological polar surface area (TPSA) is 90.6 Å². The molecule has 0 aliphatic carbocycles. The van der Waals surface area contributed by atoms with Crippen LogP contribution in [0.5, 0.6) is 11.5 Å². The molecule has 0 fully saturated rings. The Kier molecular flexibility index (Phi) is 5.57. The van der Waals surface area contributed by atoms with Gasteiger partial charge in [-0.25, -0.2) is 9.50 Å². The van der Waals surface area contributed by atoms with Gasteiger partial charge in [0.2, 0.25) is 5.91 Å². The largest absolute Gasteiger partial charge is 0.494 e. The van der Waals surface area contributed by atoms with Crippen LogP contribution in [0.2, 0.25) is 0 Å². The second kappa shape index (κ2) is 8.30. The molecule has 0 bridgehead atoms. The number of fused-ring (bicyclic) bond motifs is 2. The Labute approximate surface area is 175 Å². The number of nitrogens with one attached hydrogen (secondary N) is 1. The van der Waals surface area contributed by atoms with E-state index in [-0.39, 0.29) is 12.0 Å². The maximum Gasteiger partial charge on any atom is 0.252 e. The SMILES string of the molecule is CCOc1cc2c(cc1CNC(=O)CCc1c(C)nc3ncnn3c1C)O[C@H](C)C2. The zero-order valence-corrected chi connectivity index (χ0v) is 17.9. The predicted molar refractivity (Wildman–Crippen MR) is 112 cm³/mol. The maximum atomic E-state index is 12.5. The highest BCUT2D eigenvalue weighted by Crippen LogP contribution is 2.35. The van der Waals surface area contributed by atoms with Crippen molar-refractivity contribution in [3.05, 3.63) is 46.5 Å². The van der Waals surface area contributed by atoms with E-state index in [1.54, 1.807) is 4.52 Å². The smallest absolute Gasteiger partial charge is 0.252 e. The molecule has 1 N–H and O–H groups in total. The minimum Gasteiger partial charge on any atom is -0.494 e. The number of aromatic nitrogens is 4. The van der Waals surface area contributed by atoms with Crippen LogP contribution in [0.4, 0.5) is 0 Å². The summed E-state index contributed by atoms with van der Waals surface area (Å²) in [6.07, 6.45) is 3.50. The number of nitrogens with zero attached hydrogens (tertiary/aromatic N) is 4. The van der Waals surface area contributed by atoms with Gasteiger partial charge in [-0.1, -0.05) is 0 Å². The van der Waals surface area contributed by atoms with Crippen LogP contribution in [0, 0.1) is 13.8 Å². The van der Waals surface area contributed by atoms with Crippen LogP contribution in [0.3, 0.4) is 0 Å². The van der Waals surface area contributed by atoms with E-state index in [4.69, 9.17) is 9.47 Å². The average molecular weight is 409 g/mol. The van der Waals surface area contributed by atoms with Gasteiger partial charge in [-0.2, -0.15) is 10.1 Å². The lowest BCUT2D eigenvalue weighted by Crippen LogP contribution is -2.24. The van der Waals surface area contributed by atoms with E-state index in [0.29, 0.717) is 31.8 Å². The fraction of sp³-hybridized carbons (Fsp3) is 0.455. The first kappa shape index (κ1) is 20.1. The Morgan fingerprint density at radius 1 is 1.37 bits per heavy atom. The quantitative estimate of drug-likeness (QED) is 0.645. The van der Waals surface area contributed by atoms with Crippen molar-refractivity contribution in [1.82, 2.24) is 24.9 Å². The molecule has 2 aromatic heterocycles. The molecule has 0 saturated heterocycles. The molecule has 30 heavy (non-hydrogen) atoms. The molecule has 1 amide bonds. The number of carbonyl (C=O) groups excluding carboxylic acids is 1. The summed E-state index contributed by atoms with van der Waals surface area (Å²) >= 11 is 0. The highest BCUT2D eigenvalue weighted by molar-refractivity contribution is 5.76. The minimum absolute atomic E-state index is 0.0234. The van der Waals surface area contributed by atoms with Crippen molar-refractivity contribution in [3.8, 4) is 11.5 Å². The van der Waals surface area contributed by atoms with Crippen LogP contribution in [0.15, 0.2) is 18.5 Å². The van der Waals surface area contributed by atoms with Crippen molar-refractivity contribution in [2.45, 2.75) is 59.6 Å². The Bertz CT molecular complexity index is 1090. The monoisotopic (exact) mass is 409 g/mol. The standard InChI is InChI=1S/C22H27N5O3/c1-5-29-19-9-16-8-13(2)30-20(16)10-17(19)11-23-21(28)7-6-18-14(3)26-22-24-12-25-27(22)15(18)4/h9-10,12-13H,5-8,11H2,1-4H3,(H,23,28)/t13-/m1/s1. The molecule has 0 saturated carbocycles. The lowest BCUT2D eigenvalue weighted by Gasteiger charge is -2.14. The summed E-state index contributed by atoms with van der Waals surface area (Å²) in [5.41, 5.74) is 4.95. The molecule has 0 radical (unpaired) electrons. The van der Waals surface area contributed by atoms with Gasteiger partial charge in [-0.15, -0.1) is 0 Å². The Hall–Kier alpha value is -3.16. The molecule has 4 rings (SSSR count). The summed E-state index contributed by atoms with van der Waals surface area (Å²) in [6.45, 7) is 8.90. The van der Waals surface area contributed by atoms with Gasteiger partial charge in [0.25, 0.3) is 5.78 Å². The molecule has 158 valence electrons. The normalized spacial score (nSPS) is 15.1. The number of rotatable bonds is 7. The van der Waals surface area contributed by atoms with Gasteiger partial charge in [-0.3, -0.25) is 4.79 Å². The molecular weight excluding hydrogens is 382 g/mol. The van der Waals surface area contributed by atoms with E-state index >= 15 is 0 Å². The van der Waals surface area contributed by atoms with Crippen molar-refractivity contribution >= 4 is 11.7 Å². The first-order valence-electron chi connectivity index (χ1n) is 10.3. The van der Waals surface area contributed by atoms with Gasteiger partial charge in [0.15, 0.2) is 0 Å². The maximum absolute atomic E-state index is 12.5.